The second-order valence-electron chi connectivity index (χ2n) is 16.0. The van der Waals surface area contributed by atoms with E-state index in [4.69, 9.17) is 14.2 Å². The van der Waals surface area contributed by atoms with Crippen LogP contribution in [0.4, 0.5) is 0 Å². The van der Waals surface area contributed by atoms with Gasteiger partial charge in [-0.15, -0.1) is 0 Å². The number of rotatable bonds is 44. The Labute approximate surface area is 348 Å². The summed E-state index contributed by atoms with van der Waals surface area (Å²) in [7, 11) is 0. The predicted octanol–water partition coefficient (Wildman–Crippen LogP) is 16.0. The highest BCUT2D eigenvalue weighted by atomic mass is 16.6. The van der Waals surface area contributed by atoms with Crippen molar-refractivity contribution in [1.29, 1.82) is 0 Å². The maximum atomic E-state index is 12.6. The van der Waals surface area contributed by atoms with Crippen LogP contribution in [0.25, 0.3) is 0 Å². The van der Waals surface area contributed by atoms with E-state index in [1.54, 1.807) is 0 Å². The van der Waals surface area contributed by atoms with E-state index in [0.717, 1.165) is 64.2 Å². The van der Waals surface area contributed by atoms with Crippen molar-refractivity contribution in [3.05, 3.63) is 48.6 Å². The van der Waals surface area contributed by atoms with E-state index < -0.39 is 6.10 Å². The van der Waals surface area contributed by atoms with Crippen LogP contribution in [-0.4, -0.2) is 37.9 Å². The van der Waals surface area contributed by atoms with Crippen LogP contribution in [0.5, 0.6) is 0 Å². The topological polar surface area (TPSA) is 61.8 Å². The molecular weight excluding hydrogens is 693 g/mol. The first-order valence-electron chi connectivity index (χ1n) is 24.2. The predicted molar refractivity (Wildman–Crippen MR) is 242 cm³/mol. The molecule has 5 heteroatoms. The standard InChI is InChI=1S/C51H92O5/c1-4-7-10-13-16-18-20-22-23-24-25-26-27-28-30-32-34-37-40-43-46-54-47-49(56-51(53)45-42-39-35-15-12-9-6-3)48-55-50(52)44-41-38-36-33-31-29-21-19-17-14-11-8-5-2/h16,18-19,21-23,25-26,49H,4-15,17,20,24,27-48H2,1-3H3/b18-16-,21-19-,23-22-,26-25-. The van der Waals surface area contributed by atoms with Crippen molar-refractivity contribution in [2.24, 2.45) is 0 Å². The molecule has 0 aromatic heterocycles. The third-order valence-electron chi connectivity index (χ3n) is 10.3. The number of hydrogen-bond donors (Lipinski definition) is 0. The molecule has 1 unspecified atom stereocenters. The lowest BCUT2D eigenvalue weighted by Crippen LogP contribution is -2.30. The summed E-state index contributed by atoms with van der Waals surface area (Å²) in [6.45, 7) is 7.73. The first-order chi connectivity index (χ1) is 27.6. The highest BCUT2D eigenvalue weighted by Gasteiger charge is 2.17. The summed E-state index contributed by atoms with van der Waals surface area (Å²) in [5.74, 6) is -0.414. The Hall–Kier alpha value is -2.14. The molecule has 0 saturated carbocycles. The van der Waals surface area contributed by atoms with Crippen molar-refractivity contribution in [1.82, 2.24) is 0 Å². The molecule has 326 valence electrons. The minimum Gasteiger partial charge on any atom is -0.462 e. The van der Waals surface area contributed by atoms with Gasteiger partial charge in [-0.1, -0.05) is 191 Å². The number of ether oxygens (including phenoxy) is 3. The molecule has 0 aromatic rings. The van der Waals surface area contributed by atoms with E-state index in [1.165, 1.54) is 141 Å². The van der Waals surface area contributed by atoms with Crippen molar-refractivity contribution in [3.63, 3.8) is 0 Å². The van der Waals surface area contributed by atoms with Gasteiger partial charge < -0.3 is 14.2 Å². The zero-order chi connectivity index (χ0) is 40.7. The van der Waals surface area contributed by atoms with Crippen LogP contribution in [0.2, 0.25) is 0 Å². The molecule has 5 nitrogen and oxygen atoms in total. The minimum atomic E-state index is -0.539. The van der Waals surface area contributed by atoms with Gasteiger partial charge in [0.2, 0.25) is 0 Å². The smallest absolute Gasteiger partial charge is 0.306 e. The molecule has 0 radical (unpaired) electrons. The maximum absolute atomic E-state index is 12.6. The molecule has 0 bridgehead atoms. The molecule has 0 heterocycles. The molecular formula is C51H92O5. The van der Waals surface area contributed by atoms with Crippen molar-refractivity contribution in [2.45, 2.75) is 245 Å². The van der Waals surface area contributed by atoms with Crippen LogP contribution in [-0.2, 0) is 23.8 Å². The molecule has 0 aliphatic rings. The first-order valence-corrected chi connectivity index (χ1v) is 24.2. The van der Waals surface area contributed by atoms with Crippen molar-refractivity contribution in [2.75, 3.05) is 19.8 Å². The van der Waals surface area contributed by atoms with E-state index in [2.05, 4.69) is 69.4 Å². The average Bonchev–Trinajstić information content (AvgIpc) is 3.20. The Morgan fingerprint density at radius 1 is 0.393 bits per heavy atom. The maximum Gasteiger partial charge on any atom is 0.306 e. The molecule has 56 heavy (non-hydrogen) atoms. The second-order valence-corrected chi connectivity index (χ2v) is 16.0. The van der Waals surface area contributed by atoms with Gasteiger partial charge in [-0.3, -0.25) is 9.59 Å². The summed E-state index contributed by atoms with van der Waals surface area (Å²) in [5, 5.41) is 0. The van der Waals surface area contributed by atoms with Crippen LogP contribution in [0.3, 0.4) is 0 Å². The summed E-state index contributed by atoms with van der Waals surface area (Å²) < 4.78 is 17.3. The molecule has 0 spiro atoms. The van der Waals surface area contributed by atoms with E-state index in [-0.39, 0.29) is 25.2 Å². The molecule has 0 aliphatic heterocycles. The van der Waals surface area contributed by atoms with E-state index in [9.17, 15) is 9.59 Å². The summed E-state index contributed by atoms with van der Waals surface area (Å²) in [6.07, 6.45) is 56.9. The molecule has 0 rings (SSSR count). The summed E-state index contributed by atoms with van der Waals surface area (Å²) in [4.78, 5) is 25.1. The fourth-order valence-corrected chi connectivity index (χ4v) is 6.69. The number of hydrogen-bond acceptors (Lipinski definition) is 5. The third-order valence-corrected chi connectivity index (χ3v) is 10.3. The Kier molecular flexibility index (Phi) is 45.4. The Morgan fingerprint density at radius 2 is 0.750 bits per heavy atom. The third kappa shape index (κ3) is 44.6. The molecule has 0 N–H and O–H groups in total. The fraction of sp³-hybridized carbons (Fsp3) is 0.804. The van der Waals surface area contributed by atoms with Gasteiger partial charge in [0.05, 0.1) is 6.61 Å². The zero-order valence-corrected chi connectivity index (χ0v) is 37.4. The lowest BCUT2D eigenvalue weighted by atomic mass is 10.1. The van der Waals surface area contributed by atoms with Crippen LogP contribution >= 0.6 is 0 Å². The molecule has 0 saturated heterocycles. The van der Waals surface area contributed by atoms with E-state index >= 15 is 0 Å². The number of carbonyl (C=O) groups excluding carboxylic acids is 2. The highest BCUT2D eigenvalue weighted by molar-refractivity contribution is 5.70. The number of carbonyl (C=O) groups is 2. The molecule has 1 atom stereocenters. The lowest BCUT2D eigenvalue weighted by molar-refractivity contribution is -0.163. The van der Waals surface area contributed by atoms with E-state index in [1.807, 2.05) is 0 Å². The largest absolute Gasteiger partial charge is 0.462 e. The number of esters is 2. The van der Waals surface area contributed by atoms with Gasteiger partial charge in [0.15, 0.2) is 6.10 Å². The SMILES string of the molecule is CCCCC/C=C\C/C=C\C/C=C\CCCCCCCCCOCC(COC(=O)CCCCCCC/C=C\CCCCCC)OC(=O)CCCCCCCCC. The number of allylic oxidation sites excluding steroid dienone is 8. The van der Waals surface area contributed by atoms with Gasteiger partial charge in [-0.05, 0) is 83.5 Å². The minimum absolute atomic E-state index is 0.0785. The van der Waals surface area contributed by atoms with Crippen molar-refractivity contribution >= 4 is 11.9 Å². The molecule has 0 fully saturated rings. The summed E-state index contributed by atoms with van der Waals surface area (Å²) in [5.41, 5.74) is 0. The number of unbranched alkanes of at least 4 members (excludes halogenated alkanes) is 25. The van der Waals surface area contributed by atoms with Crippen LogP contribution in [0, 0.1) is 0 Å². The monoisotopic (exact) mass is 785 g/mol. The van der Waals surface area contributed by atoms with Gasteiger partial charge in [0, 0.05) is 19.4 Å². The van der Waals surface area contributed by atoms with Gasteiger partial charge in [-0.2, -0.15) is 0 Å². The fourth-order valence-electron chi connectivity index (χ4n) is 6.69. The summed E-state index contributed by atoms with van der Waals surface area (Å²) >= 11 is 0. The Bertz CT molecular complexity index is 935. The average molecular weight is 785 g/mol. The van der Waals surface area contributed by atoms with Crippen LogP contribution in [0.15, 0.2) is 48.6 Å². The van der Waals surface area contributed by atoms with Gasteiger partial charge in [0.1, 0.15) is 6.61 Å². The van der Waals surface area contributed by atoms with Gasteiger partial charge >= 0.3 is 11.9 Å². The Morgan fingerprint density at radius 3 is 1.27 bits per heavy atom. The quantitative estimate of drug-likeness (QED) is 0.0350. The zero-order valence-electron chi connectivity index (χ0n) is 37.4. The van der Waals surface area contributed by atoms with E-state index in [0.29, 0.717) is 19.4 Å². The lowest BCUT2D eigenvalue weighted by Gasteiger charge is -2.18. The highest BCUT2D eigenvalue weighted by Crippen LogP contribution is 2.13. The van der Waals surface area contributed by atoms with Gasteiger partial charge in [-0.25, -0.2) is 0 Å². The molecule has 0 aromatic carbocycles. The van der Waals surface area contributed by atoms with Crippen LogP contribution < -0.4 is 0 Å². The van der Waals surface area contributed by atoms with Crippen LogP contribution in [0.1, 0.15) is 239 Å². The van der Waals surface area contributed by atoms with Crippen molar-refractivity contribution in [3.8, 4) is 0 Å². The first kappa shape index (κ1) is 53.9. The second kappa shape index (κ2) is 47.2. The molecule has 0 aliphatic carbocycles. The Balaban J connectivity index is 4.14. The van der Waals surface area contributed by atoms with Gasteiger partial charge in [0.25, 0.3) is 0 Å². The van der Waals surface area contributed by atoms with Crippen molar-refractivity contribution < 1.29 is 23.8 Å². The summed E-state index contributed by atoms with van der Waals surface area (Å²) in [6, 6.07) is 0. The normalized spacial score (nSPS) is 12.6. The molecule has 0 amide bonds.